The summed E-state index contributed by atoms with van der Waals surface area (Å²) in [6.45, 7) is 0.508. The molecule has 0 spiro atoms. The highest BCUT2D eigenvalue weighted by atomic mass is 35.5. The van der Waals surface area contributed by atoms with Crippen LogP contribution in [-0.2, 0) is 6.42 Å². The molecule has 0 aliphatic carbocycles. The lowest BCUT2D eigenvalue weighted by Crippen LogP contribution is -2.30. The number of hydrogen-bond acceptors (Lipinski definition) is 2. The molecule has 1 aliphatic heterocycles. The lowest BCUT2D eigenvalue weighted by Gasteiger charge is -2.28. The topological polar surface area (TPSA) is 35.2 Å². The van der Waals surface area contributed by atoms with Gasteiger partial charge in [0, 0.05) is 22.7 Å². The van der Waals surface area contributed by atoms with E-state index in [1.807, 2.05) is 36.4 Å². The van der Waals surface area contributed by atoms with Crippen LogP contribution in [0.5, 0.6) is 5.75 Å². The monoisotopic (exact) mass is 343 g/mol. The number of ether oxygens (including phenoxy) is 1. The lowest BCUT2D eigenvalue weighted by atomic mass is 9.95. The van der Waals surface area contributed by atoms with Crippen LogP contribution in [0.3, 0.4) is 0 Å². The van der Waals surface area contributed by atoms with Crippen LogP contribution in [0.25, 0.3) is 11.1 Å². The van der Waals surface area contributed by atoms with E-state index in [1.165, 1.54) is 0 Å². The Labute approximate surface area is 140 Å². The van der Waals surface area contributed by atoms with E-state index in [2.05, 4.69) is 0 Å². The van der Waals surface area contributed by atoms with Crippen molar-refractivity contribution in [1.82, 2.24) is 0 Å². The van der Waals surface area contributed by atoms with E-state index in [4.69, 9.17) is 33.7 Å². The highest BCUT2D eigenvalue weighted by Gasteiger charge is 2.24. The first-order chi connectivity index (χ1) is 9.70. The van der Waals surface area contributed by atoms with E-state index >= 15 is 0 Å². The number of nitrogens with two attached hydrogens (primary N) is 1. The Morgan fingerprint density at radius 2 is 1.86 bits per heavy atom. The molecule has 0 radical (unpaired) electrons. The van der Waals surface area contributed by atoms with E-state index in [0.717, 1.165) is 35.3 Å². The van der Waals surface area contributed by atoms with Crippen LogP contribution in [0.15, 0.2) is 36.4 Å². The zero-order valence-electron chi connectivity index (χ0n) is 11.3. The normalized spacial score (nSPS) is 16.6. The van der Waals surface area contributed by atoms with E-state index in [1.54, 1.807) is 0 Å². The molecule has 0 fully saturated rings. The molecule has 3 rings (SSSR count). The van der Waals surface area contributed by atoms with E-state index in [0.29, 0.717) is 16.6 Å². The van der Waals surface area contributed by atoms with Gasteiger partial charge in [-0.1, -0.05) is 47.5 Å². The Bertz CT molecular complexity index is 645. The van der Waals surface area contributed by atoms with Crippen LogP contribution in [0.2, 0.25) is 10.0 Å². The van der Waals surface area contributed by atoms with Crippen molar-refractivity contribution in [2.75, 3.05) is 6.54 Å². The molecule has 0 saturated heterocycles. The van der Waals surface area contributed by atoms with Gasteiger partial charge in [-0.2, -0.15) is 0 Å². The lowest BCUT2D eigenvalue weighted by molar-refractivity contribution is 0.182. The third-order valence-corrected chi connectivity index (χ3v) is 4.26. The summed E-state index contributed by atoms with van der Waals surface area (Å²) < 4.78 is 6.03. The zero-order chi connectivity index (χ0) is 14.1. The first-order valence-corrected chi connectivity index (χ1v) is 7.39. The van der Waals surface area contributed by atoms with Gasteiger partial charge in [-0.25, -0.2) is 0 Å². The van der Waals surface area contributed by atoms with Crippen molar-refractivity contribution in [2.24, 2.45) is 5.73 Å². The molecular formula is C16H16Cl3NO. The highest BCUT2D eigenvalue weighted by Crippen LogP contribution is 2.44. The molecule has 0 unspecified atom stereocenters. The van der Waals surface area contributed by atoms with E-state index in [-0.39, 0.29) is 18.5 Å². The third-order valence-electron chi connectivity index (χ3n) is 3.61. The Kier molecular flexibility index (Phi) is 5.39. The third kappa shape index (κ3) is 3.14. The molecular weight excluding hydrogens is 329 g/mol. The second-order valence-electron chi connectivity index (χ2n) is 4.90. The fourth-order valence-corrected chi connectivity index (χ4v) is 3.04. The molecule has 0 aromatic heterocycles. The molecule has 5 heteroatoms. The van der Waals surface area contributed by atoms with Gasteiger partial charge in [0.2, 0.25) is 0 Å². The summed E-state index contributed by atoms with van der Waals surface area (Å²) in [7, 11) is 0. The first kappa shape index (κ1) is 16.4. The molecule has 2 aromatic rings. The smallest absolute Gasteiger partial charge is 0.132 e. The molecule has 0 saturated carbocycles. The number of hydrogen-bond donors (Lipinski definition) is 1. The quantitative estimate of drug-likeness (QED) is 0.854. The van der Waals surface area contributed by atoms with Crippen LogP contribution in [0.4, 0.5) is 0 Å². The molecule has 1 aliphatic rings. The maximum Gasteiger partial charge on any atom is 0.132 e. The predicted octanol–water partition coefficient (Wildman–Crippen LogP) is 4.73. The zero-order valence-corrected chi connectivity index (χ0v) is 13.6. The highest BCUT2D eigenvalue weighted by molar-refractivity contribution is 6.36. The first-order valence-electron chi connectivity index (χ1n) is 6.63. The number of halogens is 3. The minimum absolute atomic E-state index is 0. The van der Waals surface area contributed by atoms with Crippen LogP contribution >= 0.6 is 35.6 Å². The van der Waals surface area contributed by atoms with Gasteiger partial charge in [0.1, 0.15) is 11.9 Å². The maximum absolute atomic E-state index is 6.39. The summed E-state index contributed by atoms with van der Waals surface area (Å²) in [5.41, 5.74) is 8.66. The van der Waals surface area contributed by atoms with Crippen molar-refractivity contribution in [1.29, 1.82) is 0 Å². The van der Waals surface area contributed by atoms with Crippen molar-refractivity contribution in [3.63, 3.8) is 0 Å². The molecule has 21 heavy (non-hydrogen) atoms. The Hall–Kier alpha value is -0.930. The van der Waals surface area contributed by atoms with Gasteiger partial charge in [-0.05, 0) is 30.5 Å². The van der Waals surface area contributed by atoms with Crippen molar-refractivity contribution < 1.29 is 4.74 Å². The Balaban J connectivity index is 0.00000161. The number of rotatable bonds is 2. The van der Waals surface area contributed by atoms with Gasteiger partial charge < -0.3 is 10.5 Å². The fourth-order valence-electron chi connectivity index (χ4n) is 2.56. The second-order valence-corrected chi connectivity index (χ2v) is 5.72. The number of fused-ring (bicyclic) bond motifs is 1. The van der Waals surface area contributed by atoms with Crippen molar-refractivity contribution in [3.05, 3.63) is 52.0 Å². The minimum atomic E-state index is 0. The Morgan fingerprint density at radius 3 is 2.57 bits per heavy atom. The molecule has 1 heterocycles. The standard InChI is InChI=1S/C16H15Cl2NO.ClH/c17-13-4-2-1-3-12(13)15-14(18)8-6-10-5-7-11(9-19)20-16(10)15;/h1-4,6,8,11H,5,7,9,19H2;1H/t11-;/m1./s1. The molecule has 2 nitrogen and oxygen atoms in total. The molecule has 2 aromatic carbocycles. The van der Waals surface area contributed by atoms with Gasteiger partial charge in [0.05, 0.1) is 5.02 Å². The summed E-state index contributed by atoms with van der Waals surface area (Å²) in [5, 5.41) is 1.32. The minimum Gasteiger partial charge on any atom is -0.488 e. The fraction of sp³-hybridized carbons (Fsp3) is 0.250. The molecule has 2 N–H and O–H groups in total. The maximum atomic E-state index is 6.39. The summed E-state index contributed by atoms with van der Waals surface area (Å²) >= 11 is 12.7. The molecule has 0 amide bonds. The average molecular weight is 345 g/mol. The van der Waals surface area contributed by atoms with Crippen LogP contribution in [-0.4, -0.2) is 12.6 Å². The van der Waals surface area contributed by atoms with E-state index < -0.39 is 0 Å². The summed E-state index contributed by atoms with van der Waals surface area (Å²) in [5.74, 6) is 0.826. The predicted molar refractivity (Wildman–Crippen MR) is 90.9 cm³/mol. The summed E-state index contributed by atoms with van der Waals surface area (Å²) in [4.78, 5) is 0. The van der Waals surface area contributed by atoms with Crippen molar-refractivity contribution in [3.8, 4) is 16.9 Å². The summed E-state index contributed by atoms with van der Waals surface area (Å²) in [6, 6.07) is 11.6. The van der Waals surface area contributed by atoms with Gasteiger partial charge in [-0.15, -0.1) is 12.4 Å². The van der Waals surface area contributed by atoms with Gasteiger partial charge in [0.25, 0.3) is 0 Å². The molecule has 1 atom stereocenters. The number of benzene rings is 2. The van der Waals surface area contributed by atoms with Gasteiger partial charge in [0.15, 0.2) is 0 Å². The molecule has 112 valence electrons. The SMILES string of the molecule is Cl.NC[C@H]1CCc2ccc(Cl)c(-c3ccccc3Cl)c2O1. The van der Waals surface area contributed by atoms with Crippen LogP contribution < -0.4 is 10.5 Å². The van der Waals surface area contributed by atoms with Crippen LogP contribution in [0.1, 0.15) is 12.0 Å². The largest absolute Gasteiger partial charge is 0.488 e. The Morgan fingerprint density at radius 1 is 1.10 bits per heavy atom. The number of aryl methyl sites for hydroxylation is 1. The van der Waals surface area contributed by atoms with Gasteiger partial charge >= 0.3 is 0 Å². The second kappa shape index (κ2) is 6.89. The van der Waals surface area contributed by atoms with Crippen LogP contribution in [0, 0.1) is 0 Å². The van der Waals surface area contributed by atoms with Crippen molar-refractivity contribution in [2.45, 2.75) is 18.9 Å². The van der Waals surface area contributed by atoms with E-state index in [9.17, 15) is 0 Å². The molecule has 0 bridgehead atoms. The average Bonchev–Trinajstić information content (AvgIpc) is 2.48. The van der Waals surface area contributed by atoms with Gasteiger partial charge in [-0.3, -0.25) is 0 Å². The van der Waals surface area contributed by atoms with Crippen molar-refractivity contribution >= 4 is 35.6 Å². The summed E-state index contributed by atoms with van der Waals surface area (Å²) in [6.07, 6.45) is 1.93.